The van der Waals surface area contributed by atoms with E-state index in [-0.39, 0.29) is 0 Å². The summed E-state index contributed by atoms with van der Waals surface area (Å²) in [5.41, 5.74) is 2.43. The van der Waals surface area contributed by atoms with Crippen LogP contribution in [0.25, 0.3) is 21.8 Å². The number of anilines is 1. The van der Waals surface area contributed by atoms with Gasteiger partial charge in [0.05, 0.1) is 23.7 Å². The number of methoxy groups -OCH3 is 1. The maximum absolute atomic E-state index is 6.28. The van der Waals surface area contributed by atoms with Gasteiger partial charge in [0.2, 0.25) is 11.6 Å². The van der Waals surface area contributed by atoms with E-state index in [4.69, 9.17) is 30.8 Å². The summed E-state index contributed by atoms with van der Waals surface area (Å²) in [6.07, 6.45) is 6.23. The van der Waals surface area contributed by atoms with Crippen LogP contribution in [0.4, 0.5) is 5.82 Å². The Hall–Kier alpha value is -2.64. The summed E-state index contributed by atoms with van der Waals surface area (Å²) >= 11 is 8.04. The van der Waals surface area contributed by atoms with Crippen LogP contribution in [-0.2, 0) is 19.4 Å². The molecule has 1 aromatic carbocycles. The van der Waals surface area contributed by atoms with Crippen molar-refractivity contribution >= 4 is 39.0 Å². The number of aryl methyl sites for hydroxylation is 2. The number of nitrogens with one attached hydrogen (secondary N) is 1. The van der Waals surface area contributed by atoms with Gasteiger partial charge in [0, 0.05) is 17.5 Å². The number of fused-ring (bicyclic) bond motifs is 3. The summed E-state index contributed by atoms with van der Waals surface area (Å²) in [4.78, 5) is 12.0. The van der Waals surface area contributed by atoms with E-state index in [0.29, 0.717) is 28.9 Å². The fourth-order valence-corrected chi connectivity index (χ4v) is 5.27. The highest BCUT2D eigenvalue weighted by Crippen LogP contribution is 2.39. The third-order valence-electron chi connectivity index (χ3n) is 5.15. The van der Waals surface area contributed by atoms with Gasteiger partial charge >= 0.3 is 0 Å². The summed E-state index contributed by atoms with van der Waals surface area (Å²) < 4.78 is 10.5. The lowest BCUT2D eigenvalue weighted by molar-refractivity contribution is 0.415. The highest BCUT2D eigenvalue weighted by molar-refractivity contribution is 7.19. The van der Waals surface area contributed by atoms with Crippen LogP contribution in [0.2, 0.25) is 5.02 Å². The SMILES string of the molecule is COc1ccc(CNc2nc(-c3ccno3)nc3sc4c(c23)CCCC4)cc1Cl. The van der Waals surface area contributed by atoms with Gasteiger partial charge in [0.25, 0.3) is 0 Å². The highest BCUT2D eigenvalue weighted by Gasteiger charge is 2.22. The Kier molecular flexibility index (Phi) is 4.85. The van der Waals surface area contributed by atoms with Gasteiger partial charge in [-0.2, -0.15) is 0 Å². The van der Waals surface area contributed by atoms with E-state index in [1.54, 1.807) is 30.7 Å². The van der Waals surface area contributed by atoms with Crippen LogP contribution in [0.15, 0.2) is 35.0 Å². The van der Waals surface area contributed by atoms with Crippen LogP contribution >= 0.6 is 22.9 Å². The molecule has 3 heterocycles. The maximum atomic E-state index is 6.28. The van der Waals surface area contributed by atoms with Crippen molar-refractivity contribution in [3.63, 3.8) is 0 Å². The summed E-state index contributed by atoms with van der Waals surface area (Å²) in [7, 11) is 1.61. The minimum Gasteiger partial charge on any atom is -0.495 e. The second-order valence-corrected chi connectivity index (χ2v) is 8.48. The number of ether oxygens (including phenoxy) is 1. The monoisotopic (exact) mass is 426 g/mol. The van der Waals surface area contributed by atoms with Crippen molar-refractivity contribution in [2.24, 2.45) is 0 Å². The van der Waals surface area contributed by atoms with Gasteiger partial charge in [-0.05, 0) is 48.9 Å². The first-order chi connectivity index (χ1) is 14.2. The van der Waals surface area contributed by atoms with Crippen molar-refractivity contribution in [1.29, 1.82) is 0 Å². The first kappa shape index (κ1) is 18.4. The molecule has 0 amide bonds. The van der Waals surface area contributed by atoms with E-state index >= 15 is 0 Å². The smallest absolute Gasteiger partial charge is 0.204 e. The van der Waals surface area contributed by atoms with Crippen LogP contribution in [0.5, 0.6) is 5.75 Å². The number of nitrogens with zero attached hydrogens (tertiary/aromatic N) is 3. The second kappa shape index (κ2) is 7.65. The molecule has 0 unspecified atom stereocenters. The van der Waals surface area contributed by atoms with E-state index < -0.39 is 0 Å². The maximum Gasteiger partial charge on any atom is 0.204 e. The first-order valence-corrected chi connectivity index (χ1v) is 10.7. The molecule has 3 aromatic heterocycles. The molecular formula is C21H19ClN4O2S. The Labute approximate surface area is 176 Å². The van der Waals surface area contributed by atoms with E-state index in [0.717, 1.165) is 34.4 Å². The Morgan fingerprint density at radius 3 is 2.90 bits per heavy atom. The topological polar surface area (TPSA) is 73.1 Å². The van der Waals surface area contributed by atoms with Gasteiger partial charge in [0.1, 0.15) is 16.4 Å². The minimum atomic E-state index is 0.545. The molecule has 0 fully saturated rings. The number of halogens is 1. The molecule has 6 nitrogen and oxygen atoms in total. The second-order valence-electron chi connectivity index (χ2n) is 6.99. The third-order valence-corrected chi connectivity index (χ3v) is 6.63. The molecule has 0 bridgehead atoms. The molecule has 1 aliphatic rings. The molecule has 4 aromatic rings. The van der Waals surface area contributed by atoms with E-state index in [2.05, 4.69) is 10.5 Å². The molecule has 0 saturated carbocycles. The zero-order valence-electron chi connectivity index (χ0n) is 15.9. The van der Waals surface area contributed by atoms with Gasteiger partial charge in [0.15, 0.2) is 0 Å². The number of hydrogen-bond donors (Lipinski definition) is 1. The fourth-order valence-electron chi connectivity index (χ4n) is 3.73. The molecule has 0 radical (unpaired) electrons. The van der Waals surface area contributed by atoms with Gasteiger partial charge < -0.3 is 14.6 Å². The molecule has 0 atom stereocenters. The lowest BCUT2D eigenvalue weighted by Gasteiger charge is -2.13. The molecule has 1 N–H and O–H groups in total. The molecule has 1 aliphatic carbocycles. The normalized spacial score (nSPS) is 13.4. The molecule has 8 heteroatoms. The lowest BCUT2D eigenvalue weighted by atomic mass is 9.97. The van der Waals surface area contributed by atoms with E-state index in [1.165, 1.54) is 23.3 Å². The fraction of sp³-hybridized carbons (Fsp3) is 0.286. The summed E-state index contributed by atoms with van der Waals surface area (Å²) in [6.45, 7) is 0.594. The zero-order chi connectivity index (χ0) is 19.8. The van der Waals surface area contributed by atoms with Gasteiger partial charge in [-0.1, -0.05) is 22.8 Å². The molecule has 5 rings (SSSR count). The zero-order valence-corrected chi connectivity index (χ0v) is 17.4. The number of hydrogen-bond acceptors (Lipinski definition) is 7. The van der Waals surface area contributed by atoms with Crippen molar-refractivity contribution in [3.8, 4) is 17.3 Å². The average molecular weight is 427 g/mol. The first-order valence-electron chi connectivity index (χ1n) is 9.52. The van der Waals surface area contributed by atoms with Crippen LogP contribution in [0, 0.1) is 0 Å². The van der Waals surface area contributed by atoms with Gasteiger partial charge in [-0.15, -0.1) is 11.3 Å². The molecule has 0 spiro atoms. The molecule has 0 saturated heterocycles. The van der Waals surface area contributed by atoms with Gasteiger partial charge in [-0.25, -0.2) is 9.97 Å². The Bertz CT molecular complexity index is 1170. The predicted molar refractivity (Wildman–Crippen MR) is 115 cm³/mol. The third kappa shape index (κ3) is 3.45. The van der Waals surface area contributed by atoms with Crippen LogP contribution in [0.3, 0.4) is 0 Å². The predicted octanol–water partition coefficient (Wildman–Crippen LogP) is 5.50. The molecule has 148 valence electrons. The standard InChI is InChI=1S/C21H19ClN4O2S/c1-27-15-7-6-12(10-14(15)22)11-23-20-18-13-4-2-3-5-17(13)29-21(18)26-19(25-20)16-8-9-24-28-16/h6-10H,2-5,11H2,1H3,(H,23,25,26). The Balaban J connectivity index is 1.55. The summed E-state index contributed by atoms with van der Waals surface area (Å²) in [5, 5.41) is 9.02. The Morgan fingerprint density at radius 2 is 2.10 bits per heavy atom. The quantitative estimate of drug-likeness (QED) is 0.454. The Morgan fingerprint density at radius 1 is 1.21 bits per heavy atom. The van der Waals surface area contributed by atoms with Crippen LogP contribution in [0.1, 0.15) is 28.8 Å². The van der Waals surface area contributed by atoms with Crippen molar-refractivity contribution in [2.75, 3.05) is 12.4 Å². The van der Waals surface area contributed by atoms with Crippen molar-refractivity contribution in [3.05, 3.63) is 51.5 Å². The molecular weight excluding hydrogens is 408 g/mol. The van der Waals surface area contributed by atoms with Crippen molar-refractivity contribution in [2.45, 2.75) is 32.2 Å². The lowest BCUT2D eigenvalue weighted by Crippen LogP contribution is -2.05. The summed E-state index contributed by atoms with van der Waals surface area (Å²) in [6, 6.07) is 7.56. The summed E-state index contributed by atoms with van der Waals surface area (Å²) in [5.74, 6) is 2.60. The number of benzene rings is 1. The average Bonchev–Trinajstić information content (AvgIpc) is 3.39. The highest BCUT2D eigenvalue weighted by atomic mass is 35.5. The van der Waals surface area contributed by atoms with E-state index in [9.17, 15) is 0 Å². The minimum absolute atomic E-state index is 0.545. The molecule has 29 heavy (non-hydrogen) atoms. The number of thiophene rings is 1. The largest absolute Gasteiger partial charge is 0.495 e. The molecule has 0 aliphatic heterocycles. The number of aromatic nitrogens is 3. The van der Waals surface area contributed by atoms with Crippen molar-refractivity contribution < 1.29 is 9.26 Å². The van der Waals surface area contributed by atoms with Gasteiger partial charge in [-0.3, -0.25) is 0 Å². The van der Waals surface area contributed by atoms with Crippen LogP contribution in [-0.4, -0.2) is 22.2 Å². The van der Waals surface area contributed by atoms with Crippen molar-refractivity contribution in [1.82, 2.24) is 15.1 Å². The number of rotatable bonds is 5. The van der Waals surface area contributed by atoms with Crippen LogP contribution < -0.4 is 10.1 Å². The van der Waals surface area contributed by atoms with E-state index in [1.807, 2.05) is 18.2 Å².